The number of carbonyl (C=O) groups excluding carboxylic acids is 2. The van der Waals surface area contributed by atoms with Gasteiger partial charge in [0.15, 0.2) is 0 Å². The fraction of sp³-hybridized carbons (Fsp3) is 0.263. The highest BCUT2D eigenvalue weighted by molar-refractivity contribution is 6.44. The van der Waals surface area contributed by atoms with Gasteiger partial charge >= 0.3 is 0 Å². The van der Waals surface area contributed by atoms with Gasteiger partial charge in [0, 0.05) is 17.8 Å². The highest BCUT2D eigenvalue weighted by atomic mass is 35.5. The highest BCUT2D eigenvalue weighted by Crippen LogP contribution is 2.32. The summed E-state index contributed by atoms with van der Waals surface area (Å²) >= 11 is 17.9. The van der Waals surface area contributed by atoms with Gasteiger partial charge in [0.05, 0.1) is 27.3 Å². The van der Waals surface area contributed by atoms with E-state index in [9.17, 15) is 9.59 Å². The molecule has 144 valence electrons. The Kier molecular flexibility index (Phi) is 8.23. The molecular formula is C19H20Cl3N3O2. The van der Waals surface area contributed by atoms with Gasteiger partial charge in [0.1, 0.15) is 0 Å². The van der Waals surface area contributed by atoms with E-state index in [0.717, 1.165) is 12.8 Å². The number of rotatable bonds is 8. The Morgan fingerprint density at radius 1 is 1.00 bits per heavy atom. The molecule has 0 bridgehead atoms. The maximum atomic E-state index is 12.2. The van der Waals surface area contributed by atoms with Crippen LogP contribution in [0.25, 0.3) is 0 Å². The Morgan fingerprint density at radius 2 is 1.74 bits per heavy atom. The molecule has 0 saturated carbocycles. The van der Waals surface area contributed by atoms with Crippen molar-refractivity contribution in [3.05, 3.63) is 57.0 Å². The summed E-state index contributed by atoms with van der Waals surface area (Å²) in [5, 5.41) is 9.53. The van der Waals surface area contributed by atoms with Crippen LogP contribution in [0.4, 0.5) is 11.4 Å². The van der Waals surface area contributed by atoms with E-state index in [-0.39, 0.29) is 18.4 Å². The minimum atomic E-state index is -0.291. The Morgan fingerprint density at radius 3 is 2.48 bits per heavy atom. The first-order chi connectivity index (χ1) is 12.9. The molecule has 0 atom stereocenters. The SMILES string of the molecule is CCCCNC(=O)c1cccc(NC(=O)CNc2cc(Cl)c(Cl)cc2Cl)c1. The molecule has 0 aliphatic rings. The van der Waals surface area contributed by atoms with Gasteiger partial charge in [0.25, 0.3) is 5.91 Å². The number of carbonyl (C=O) groups is 2. The minimum Gasteiger partial charge on any atom is -0.375 e. The van der Waals surface area contributed by atoms with Crippen LogP contribution in [0.1, 0.15) is 30.1 Å². The second kappa shape index (κ2) is 10.4. The number of hydrogen-bond acceptors (Lipinski definition) is 3. The van der Waals surface area contributed by atoms with Crippen LogP contribution < -0.4 is 16.0 Å². The zero-order valence-corrected chi connectivity index (χ0v) is 17.0. The first-order valence-corrected chi connectivity index (χ1v) is 9.60. The molecule has 0 fully saturated rings. The lowest BCUT2D eigenvalue weighted by Gasteiger charge is -2.11. The molecule has 8 heteroatoms. The van der Waals surface area contributed by atoms with Crippen LogP contribution >= 0.6 is 34.8 Å². The standard InChI is InChI=1S/C19H20Cl3N3O2/c1-2-3-7-23-19(27)12-5-4-6-13(8-12)25-18(26)11-24-17-10-15(21)14(20)9-16(17)22/h4-6,8-10,24H,2-3,7,11H2,1H3,(H,23,27)(H,25,26). The van der Waals surface area contributed by atoms with Gasteiger partial charge in [-0.25, -0.2) is 0 Å². The predicted octanol–water partition coefficient (Wildman–Crippen LogP) is 5.23. The van der Waals surface area contributed by atoms with Crippen molar-refractivity contribution in [3.8, 4) is 0 Å². The van der Waals surface area contributed by atoms with Crippen LogP contribution in [-0.4, -0.2) is 24.9 Å². The summed E-state index contributed by atoms with van der Waals surface area (Å²) in [6.45, 7) is 2.66. The molecule has 2 aromatic carbocycles. The van der Waals surface area contributed by atoms with E-state index < -0.39 is 0 Å². The van der Waals surface area contributed by atoms with Crippen molar-refractivity contribution in [3.63, 3.8) is 0 Å². The van der Waals surface area contributed by atoms with Gasteiger partial charge in [-0.3, -0.25) is 9.59 Å². The van der Waals surface area contributed by atoms with Gasteiger partial charge in [-0.2, -0.15) is 0 Å². The number of nitrogens with one attached hydrogen (secondary N) is 3. The fourth-order valence-corrected chi connectivity index (χ4v) is 2.87. The second-order valence-electron chi connectivity index (χ2n) is 5.84. The first kappa shape index (κ1) is 21.4. The zero-order chi connectivity index (χ0) is 19.8. The summed E-state index contributed by atoms with van der Waals surface area (Å²) in [6.07, 6.45) is 1.93. The number of hydrogen-bond donors (Lipinski definition) is 3. The average molecular weight is 429 g/mol. The summed E-state index contributed by atoms with van der Waals surface area (Å²) in [7, 11) is 0. The van der Waals surface area contributed by atoms with Crippen molar-refractivity contribution in [1.29, 1.82) is 0 Å². The van der Waals surface area contributed by atoms with Crippen molar-refractivity contribution in [2.24, 2.45) is 0 Å². The maximum Gasteiger partial charge on any atom is 0.251 e. The average Bonchev–Trinajstić information content (AvgIpc) is 2.64. The lowest BCUT2D eigenvalue weighted by Crippen LogP contribution is -2.25. The van der Waals surface area contributed by atoms with Crippen LogP contribution in [0.2, 0.25) is 15.1 Å². The minimum absolute atomic E-state index is 0.0232. The molecule has 0 aliphatic carbocycles. The Labute approximate surface area is 173 Å². The Hall–Kier alpha value is -1.95. The van der Waals surface area contributed by atoms with E-state index in [4.69, 9.17) is 34.8 Å². The quantitative estimate of drug-likeness (QED) is 0.398. The molecule has 5 nitrogen and oxygen atoms in total. The molecule has 2 rings (SSSR count). The van der Waals surface area contributed by atoms with E-state index in [0.29, 0.717) is 38.6 Å². The zero-order valence-electron chi connectivity index (χ0n) is 14.7. The van der Waals surface area contributed by atoms with Crippen LogP contribution in [0.15, 0.2) is 36.4 Å². The van der Waals surface area contributed by atoms with Crippen molar-refractivity contribution >= 4 is 58.0 Å². The number of unbranched alkanes of at least 4 members (excludes halogenated alkanes) is 1. The Bertz CT molecular complexity index is 828. The molecule has 2 aromatic rings. The number of amides is 2. The number of anilines is 2. The van der Waals surface area contributed by atoms with Crippen LogP contribution in [0.5, 0.6) is 0 Å². The normalized spacial score (nSPS) is 10.4. The molecule has 27 heavy (non-hydrogen) atoms. The number of halogens is 3. The predicted molar refractivity (Wildman–Crippen MR) is 112 cm³/mol. The monoisotopic (exact) mass is 427 g/mol. The molecule has 0 heterocycles. The van der Waals surface area contributed by atoms with Gasteiger partial charge in [-0.1, -0.05) is 54.2 Å². The van der Waals surface area contributed by atoms with Crippen molar-refractivity contribution < 1.29 is 9.59 Å². The summed E-state index contributed by atoms with van der Waals surface area (Å²) in [5.74, 6) is -0.457. The van der Waals surface area contributed by atoms with Crippen LogP contribution in [0.3, 0.4) is 0 Å². The molecule has 0 unspecified atom stereocenters. The third-order valence-electron chi connectivity index (χ3n) is 3.67. The van der Waals surface area contributed by atoms with Gasteiger partial charge in [-0.15, -0.1) is 0 Å². The molecule has 0 radical (unpaired) electrons. The molecule has 0 aromatic heterocycles. The smallest absolute Gasteiger partial charge is 0.251 e. The summed E-state index contributed by atoms with van der Waals surface area (Å²) in [5.41, 5.74) is 1.53. The number of benzene rings is 2. The largest absolute Gasteiger partial charge is 0.375 e. The summed E-state index contributed by atoms with van der Waals surface area (Å²) < 4.78 is 0. The lowest BCUT2D eigenvalue weighted by molar-refractivity contribution is -0.114. The van der Waals surface area contributed by atoms with E-state index in [2.05, 4.69) is 22.9 Å². The molecule has 0 saturated heterocycles. The molecular weight excluding hydrogens is 409 g/mol. The first-order valence-electron chi connectivity index (χ1n) is 8.47. The van der Waals surface area contributed by atoms with E-state index >= 15 is 0 Å². The molecule has 2 amide bonds. The van der Waals surface area contributed by atoms with E-state index in [1.807, 2.05) is 0 Å². The second-order valence-corrected chi connectivity index (χ2v) is 7.06. The lowest BCUT2D eigenvalue weighted by atomic mass is 10.2. The van der Waals surface area contributed by atoms with E-state index in [1.165, 1.54) is 6.07 Å². The van der Waals surface area contributed by atoms with Gasteiger partial charge in [0.2, 0.25) is 5.91 Å². The third kappa shape index (κ3) is 6.61. The van der Waals surface area contributed by atoms with E-state index in [1.54, 1.807) is 30.3 Å². The fourth-order valence-electron chi connectivity index (χ4n) is 2.26. The summed E-state index contributed by atoms with van der Waals surface area (Å²) in [4.78, 5) is 24.3. The van der Waals surface area contributed by atoms with Crippen molar-refractivity contribution in [2.75, 3.05) is 23.7 Å². The van der Waals surface area contributed by atoms with Gasteiger partial charge < -0.3 is 16.0 Å². The van der Waals surface area contributed by atoms with Crippen molar-refractivity contribution in [1.82, 2.24) is 5.32 Å². The highest BCUT2D eigenvalue weighted by Gasteiger charge is 2.10. The maximum absolute atomic E-state index is 12.2. The topological polar surface area (TPSA) is 70.2 Å². The molecule has 0 spiro atoms. The summed E-state index contributed by atoms with van der Waals surface area (Å²) in [6, 6.07) is 9.82. The molecule has 3 N–H and O–H groups in total. The third-order valence-corrected chi connectivity index (χ3v) is 4.71. The molecule has 0 aliphatic heterocycles. The van der Waals surface area contributed by atoms with Crippen LogP contribution in [-0.2, 0) is 4.79 Å². The van der Waals surface area contributed by atoms with Gasteiger partial charge in [-0.05, 0) is 36.8 Å². The van der Waals surface area contributed by atoms with Crippen molar-refractivity contribution in [2.45, 2.75) is 19.8 Å². The van der Waals surface area contributed by atoms with Crippen LogP contribution in [0, 0.1) is 0 Å². The Balaban J connectivity index is 1.93.